The Hall–Kier alpha value is -3.15. The maximum atomic E-state index is 12.8. The van der Waals surface area contributed by atoms with Crippen LogP contribution in [0.5, 0.6) is 0 Å². The van der Waals surface area contributed by atoms with E-state index in [1.54, 1.807) is 0 Å². The van der Waals surface area contributed by atoms with E-state index in [-0.39, 0.29) is 37.5 Å². The smallest absolute Gasteiger partial charge is 0.306 e. The maximum absolute atomic E-state index is 12.8. The van der Waals surface area contributed by atoms with Crippen LogP contribution >= 0.6 is 0 Å². The van der Waals surface area contributed by atoms with Crippen molar-refractivity contribution in [3.8, 4) is 0 Å². The summed E-state index contributed by atoms with van der Waals surface area (Å²) >= 11 is 0. The van der Waals surface area contributed by atoms with Gasteiger partial charge in [0.2, 0.25) is 0 Å². The molecule has 1 atom stereocenters. The van der Waals surface area contributed by atoms with Crippen molar-refractivity contribution in [3.63, 3.8) is 0 Å². The number of esters is 3. The molecule has 0 bridgehead atoms. The second-order valence-electron chi connectivity index (χ2n) is 18.8. The van der Waals surface area contributed by atoms with Crippen LogP contribution in [-0.2, 0) is 28.6 Å². The maximum Gasteiger partial charge on any atom is 0.306 e. The summed E-state index contributed by atoms with van der Waals surface area (Å²) in [5.41, 5.74) is 0. The third-order valence-electron chi connectivity index (χ3n) is 12.2. The topological polar surface area (TPSA) is 78.9 Å². The Morgan fingerprint density at radius 1 is 0.313 bits per heavy atom. The fourth-order valence-electron chi connectivity index (χ4n) is 7.94. The summed E-state index contributed by atoms with van der Waals surface area (Å²) < 4.78 is 16.8. The Morgan fingerprint density at radius 2 is 0.612 bits per heavy atom. The molecule has 0 fully saturated rings. The van der Waals surface area contributed by atoms with Gasteiger partial charge >= 0.3 is 17.9 Å². The van der Waals surface area contributed by atoms with E-state index in [9.17, 15) is 14.4 Å². The molecular weight excluding hydrogens is 829 g/mol. The van der Waals surface area contributed by atoms with E-state index < -0.39 is 6.10 Å². The highest BCUT2D eigenvalue weighted by Gasteiger charge is 2.19. The monoisotopic (exact) mass is 935 g/mol. The Bertz CT molecular complexity index is 1260. The van der Waals surface area contributed by atoms with Crippen LogP contribution in [0.3, 0.4) is 0 Å². The number of carbonyl (C=O) groups excluding carboxylic acids is 3. The molecular formula is C61H106O6. The van der Waals surface area contributed by atoms with Gasteiger partial charge in [0.1, 0.15) is 13.2 Å². The zero-order chi connectivity index (χ0) is 48.6. The molecule has 386 valence electrons. The summed E-state index contributed by atoms with van der Waals surface area (Å²) in [5, 5.41) is 0. The molecule has 6 nitrogen and oxygen atoms in total. The lowest BCUT2D eigenvalue weighted by molar-refractivity contribution is -0.167. The van der Waals surface area contributed by atoms with Crippen LogP contribution in [-0.4, -0.2) is 37.2 Å². The molecule has 0 N–H and O–H groups in total. The first kappa shape index (κ1) is 63.8. The summed E-state index contributed by atoms with van der Waals surface area (Å²) in [4.78, 5) is 38.1. The molecule has 1 unspecified atom stereocenters. The predicted octanol–water partition coefficient (Wildman–Crippen LogP) is 19.0. The van der Waals surface area contributed by atoms with Crippen LogP contribution in [0, 0.1) is 0 Å². The highest BCUT2D eigenvalue weighted by molar-refractivity contribution is 5.71. The second kappa shape index (κ2) is 55.4. The van der Waals surface area contributed by atoms with Gasteiger partial charge in [0.25, 0.3) is 0 Å². The fourth-order valence-corrected chi connectivity index (χ4v) is 7.94. The number of hydrogen-bond donors (Lipinski definition) is 0. The van der Waals surface area contributed by atoms with Gasteiger partial charge in [-0.3, -0.25) is 14.4 Å². The largest absolute Gasteiger partial charge is 0.462 e. The van der Waals surface area contributed by atoms with Gasteiger partial charge in [-0.1, -0.05) is 248 Å². The molecule has 0 heterocycles. The lowest BCUT2D eigenvalue weighted by atomic mass is 10.0. The highest BCUT2D eigenvalue weighted by Crippen LogP contribution is 2.16. The SMILES string of the molecule is CC/C=C\C/C=C\C/C=C\C/C=C\CCCCC(=O)OC(COC(=O)CCCCCCC/C=C\C/C=C\CCC)COC(=O)CCCCCCCCCCCCCCCCCCCCCCC. The third-order valence-corrected chi connectivity index (χ3v) is 12.2. The van der Waals surface area contributed by atoms with Gasteiger partial charge in [0, 0.05) is 19.3 Å². The average molecular weight is 936 g/mol. The first-order valence-electron chi connectivity index (χ1n) is 28.4. The number of unbranched alkanes of at least 4 members (excludes halogenated alkanes) is 28. The molecule has 0 rings (SSSR count). The van der Waals surface area contributed by atoms with Crippen LogP contribution in [0.25, 0.3) is 0 Å². The standard InChI is InChI=1S/C61H106O6/c1-4-7-10-13-16-19-22-25-27-28-29-30-31-32-34-36-39-42-45-48-51-54-60(63)66-57-58(56-65-59(62)53-50-47-44-41-38-35-24-21-18-15-12-9-6-3)67-61(64)55-52-49-46-43-40-37-33-26-23-20-17-14-11-8-5-2/h8,11-12,15,17,20-21,24,26,33,40,43,58H,4-7,9-10,13-14,16,18-19,22-23,25,27-32,34-39,41-42,44-57H2,1-3H3/b11-8-,15-12-,20-17-,24-21-,33-26-,43-40-. The zero-order valence-electron chi connectivity index (χ0n) is 44.2. The van der Waals surface area contributed by atoms with Crippen LogP contribution < -0.4 is 0 Å². The van der Waals surface area contributed by atoms with Crippen molar-refractivity contribution in [2.45, 2.75) is 284 Å². The van der Waals surface area contributed by atoms with Crippen molar-refractivity contribution in [2.75, 3.05) is 13.2 Å². The van der Waals surface area contributed by atoms with Gasteiger partial charge in [0.05, 0.1) is 0 Å². The third kappa shape index (κ3) is 53.7. The predicted molar refractivity (Wildman–Crippen MR) is 288 cm³/mol. The van der Waals surface area contributed by atoms with E-state index in [0.717, 1.165) is 109 Å². The Labute approximate surface area is 414 Å². The average Bonchev–Trinajstić information content (AvgIpc) is 3.33. The van der Waals surface area contributed by atoms with E-state index >= 15 is 0 Å². The lowest BCUT2D eigenvalue weighted by Gasteiger charge is -2.18. The summed E-state index contributed by atoms with van der Waals surface area (Å²) in [5.74, 6) is -0.944. The Morgan fingerprint density at radius 3 is 1.00 bits per heavy atom. The first-order chi connectivity index (χ1) is 33.0. The summed E-state index contributed by atoms with van der Waals surface area (Å²) in [6.07, 6.45) is 70.5. The number of hydrogen-bond acceptors (Lipinski definition) is 6. The first-order valence-corrected chi connectivity index (χ1v) is 28.4. The van der Waals surface area contributed by atoms with Gasteiger partial charge in [-0.25, -0.2) is 0 Å². The minimum atomic E-state index is -0.801. The van der Waals surface area contributed by atoms with Crippen molar-refractivity contribution in [2.24, 2.45) is 0 Å². The fraction of sp³-hybridized carbons (Fsp3) is 0.754. The normalized spacial score (nSPS) is 12.6. The van der Waals surface area contributed by atoms with E-state index in [2.05, 4.69) is 93.7 Å². The molecule has 0 aromatic carbocycles. The molecule has 0 aliphatic heterocycles. The van der Waals surface area contributed by atoms with E-state index in [4.69, 9.17) is 14.2 Å². The van der Waals surface area contributed by atoms with Gasteiger partial charge in [-0.15, -0.1) is 0 Å². The Kier molecular flexibility index (Phi) is 52.8. The van der Waals surface area contributed by atoms with Crippen molar-refractivity contribution < 1.29 is 28.6 Å². The van der Waals surface area contributed by atoms with Crippen molar-refractivity contribution in [3.05, 3.63) is 72.9 Å². The summed E-state index contributed by atoms with van der Waals surface area (Å²) in [6, 6.07) is 0. The Balaban J connectivity index is 4.36. The molecule has 0 amide bonds. The number of rotatable bonds is 51. The van der Waals surface area contributed by atoms with Gasteiger partial charge in [-0.2, -0.15) is 0 Å². The summed E-state index contributed by atoms with van der Waals surface area (Å²) in [6.45, 7) is 6.44. The van der Waals surface area contributed by atoms with Gasteiger partial charge in [-0.05, 0) is 83.5 Å². The molecule has 6 heteroatoms. The van der Waals surface area contributed by atoms with E-state index in [1.165, 1.54) is 122 Å². The highest BCUT2D eigenvalue weighted by atomic mass is 16.6. The van der Waals surface area contributed by atoms with E-state index in [1.807, 2.05) is 0 Å². The molecule has 0 saturated carbocycles. The zero-order valence-corrected chi connectivity index (χ0v) is 44.2. The number of carbonyl (C=O) groups is 3. The minimum absolute atomic E-state index is 0.0947. The number of ether oxygens (including phenoxy) is 3. The molecule has 67 heavy (non-hydrogen) atoms. The molecule has 0 aromatic rings. The molecule has 0 aromatic heterocycles. The molecule has 0 radical (unpaired) electrons. The van der Waals surface area contributed by atoms with Crippen LogP contribution in [0.4, 0.5) is 0 Å². The van der Waals surface area contributed by atoms with Crippen LogP contribution in [0.15, 0.2) is 72.9 Å². The minimum Gasteiger partial charge on any atom is -0.462 e. The van der Waals surface area contributed by atoms with E-state index in [0.29, 0.717) is 19.3 Å². The molecule has 0 aliphatic carbocycles. The second-order valence-corrected chi connectivity index (χ2v) is 18.8. The van der Waals surface area contributed by atoms with Crippen molar-refractivity contribution in [1.82, 2.24) is 0 Å². The summed E-state index contributed by atoms with van der Waals surface area (Å²) in [7, 11) is 0. The number of allylic oxidation sites excluding steroid dienone is 12. The molecule has 0 aliphatic rings. The van der Waals surface area contributed by atoms with Crippen LogP contribution in [0.2, 0.25) is 0 Å². The van der Waals surface area contributed by atoms with Crippen molar-refractivity contribution >= 4 is 17.9 Å². The lowest BCUT2D eigenvalue weighted by Crippen LogP contribution is -2.30. The molecule has 0 spiro atoms. The van der Waals surface area contributed by atoms with Gasteiger partial charge in [0.15, 0.2) is 6.10 Å². The molecule has 0 saturated heterocycles. The van der Waals surface area contributed by atoms with Crippen molar-refractivity contribution in [1.29, 1.82) is 0 Å². The quantitative estimate of drug-likeness (QED) is 0.0262. The van der Waals surface area contributed by atoms with Crippen LogP contribution in [0.1, 0.15) is 278 Å². The van der Waals surface area contributed by atoms with Gasteiger partial charge < -0.3 is 14.2 Å².